The van der Waals surface area contributed by atoms with Gasteiger partial charge in [0.15, 0.2) is 5.78 Å². The van der Waals surface area contributed by atoms with Crippen LogP contribution in [0.2, 0.25) is 0 Å². The minimum atomic E-state index is 0.155. The fraction of sp³-hybridized carbons (Fsp3) is 0.533. The molecule has 0 aliphatic heterocycles. The number of carbonyl (C=O) groups excluding carboxylic acids is 1. The van der Waals surface area contributed by atoms with Crippen molar-refractivity contribution in [3.05, 3.63) is 34.9 Å². The summed E-state index contributed by atoms with van der Waals surface area (Å²) in [6.45, 7) is 6.52. The van der Waals surface area contributed by atoms with Gasteiger partial charge in [0.1, 0.15) is 0 Å². The molecule has 0 heterocycles. The SMILES string of the molecule is CCc1ccc2c(c1)C(=O)CC(C)(C)CC2. The van der Waals surface area contributed by atoms with Gasteiger partial charge >= 0.3 is 0 Å². The topological polar surface area (TPSA) is 17.1 Å². The molecule has 1 nitrogen and oxygen atoms in total. The second-order valence-electron chi connectivity index (χ2n) is 5.61. The molecule has 0 N–H and O–H groups in total. The molecule has 1 heteroatoms. The maximum Gasteiger partial charge on any atom is 0.163 e. The highest BCUT2D eigenvalue weighted by molar-refractivity contribution is 5.98. The van der Waals surface area contributed by atoms with E-state index in [-0.39, 0.29) is 5.41 Å². The fourth-order valence-electron chi connectivity index (χ4n) is 2.41. The summed E-state index contributed by atoms with van der Waals surface area (Å²) in [7, 11) is 0. The summed E-state index contributed by atoms with van der Waals surface area (Å²) in [5, 5.41) is 0. The van der Waals surface area contributed by atoms with Gasteiger partial charge in [-0.05, 0) is 41.9 Å². The number of aryl methyl sites for hydroxylation is 2. The molecule has 0 aromatic heterocycles. The molecule has 0 saturated carbocycles. The lowest BCUT2D eigenvalue weighted by Gasteiger charge is -2.20. The van der Waals surface area contributed by atoms with Gasteiger partial charge in [-0.25, -0.2) is 0 Å². The maximum atomic E-state index is 12.2. The Morgan fingerprint density at radius 3 is 2.75 bits per heavy atom. The van der Waals surface area contributed by atoms with Crippen LogP contribution < -0.4 is 0 Å². The molecule has 0 radical (unpaired) electrons. The van der Waals surface area contributed by atoms with Crippen LogP contribution >= 0.6 is 0 Å². The van der Waals surface area contributed by atoms with Gasteiger partial charge in [0.25, 0.3) is 0 Å². The van der Waals surface area contributed by atoms with E-state index in [1.165, 1.54) is 11.1 Å². The Labute approximate surface area is 97.9 Å². The average molecular weight is 216 g/mol. The summed E-state index contributed by atoms with van der Waals surface area (Å²) in [5.41, 5.74) is 3.65. The zero-order valence-electron chi connectivity index (χ0n) is 10.5. The molecule has 86 valence electrons. The number of hydrogen-bond donors (Lipinski definition) is 0. The minimum Gasteiger partial charge on any atom is -0.294 e. The van der Waals surface area contributed by atoms with E-state index in [1.54, 1.807) is 0 Å². The first kappa shape index (κ1) is 11.4. The van der Waals surface area contributed by atoms with Crippen molar-refractivity contribution in [1.29, 1.82) is 0 Å². The van der Waals surface area contributed by atoms with Crippen LogP contribution in [0.4, 0.5) is 0 Å². The van der Waals surface area contributed by atoms with Crippen LogP contribution in [0.5, 0.6) is 0 Å². The van der Waals surface area contributed by atoms with Gasteiger partial charge in [0.05, 0.1) is 0 Å². The number of Topliss-reactive ketones (excluding diaryl/α,β-unsaturated/α-hetero) is 1. The molecule has 16 heavy (non-hydrogen) atoms. The molecular formula is C15H20O. The summed E-state index contributed by atoms with van der Waals surface area (Å²) in [6, 6.07) is 6.40. The molecule has 1 aliphatic rings. The molecule has 0 atom stereocenters. The maximum absolute atomic E-state index is 12.2. The lowest BCUT2D eigenvalue weighted by molar-refractivity contribution is 0.0934. The lowest BCUT2D eigenvalue weighted by Crippen LogP contribution is -2.14. The fourth-order valence-corrected chi connectivity index (χ4v) is 2.41. The summed E-state index contributed by atoms with van der Waals surface area (Å²) >= 11 is 0. The number of carbonyl (C=O) groups is 1. The summed E-state index contributed by atoms with van der Waals surface area (Å²) < 4.78 is 0. The van der Waals surface area contributed by atoms with Crippen molar-refractivity contribution in [3.63, 3.8) is 0 Å². The van der Waals surface area contributed by atoms with E-state index < -0.39 is 0 Å². The second-order valence-corrected chi connectivity index (χ2v) is 5.61. The van der Waals surface area contributed by atoms with E-state index in [0.717, 1.165) is 24.8 Å². The highest BCUT2D eigenvalue weighted by Crippen LogP contribution is 2.33. The number of benzene rings is 1. The van der Waals surface area contributed by atoms with Crippen LogP contribution in [-0.2, 0) is 12.8 Å². The third-order valence-electron chi connectivity index (χ3n) is 3.59. The average Bonchev–Trinajstić information content (AvgIpc) is 2.35. The van der Waals surface area contributed by atoms with Crippen molar-refractivity contribution in [3.8, 4) is 0 Å². The quantitative estimate of drug-likeness (QED) is 0.653. The van der Waals surface area contributed by atoms with Crippen LogP contribution in [0.15, 0.2) is 18.2 Å². The van der Waals surface area contributed by atoms with Gasteiger partial charge in [-0.2, -0.15) is 0 Å². The van der Waals surface area contributed by atoms with Gasteiger partial charge in [0.2, 0.25) is 0 Å². The Hall–Kier alpha value is -1.11. The molecule has 0 bridgehead atoms. The normalized spacial score (nSPS) is 19.1. The Morgan fingerprint density at radius 1 is 1.31 bits per heavy atom. The predicted octanol–water partition coefficient (Wildman–Crippen LogP) is 3.79. The number of hydrogen-bond acceptors (Lipinski definition) is 1. The first-order valence-corrected chi connectivity index (χ1v) is 6.17. The zero-order valence-corrected chi connectivity index (χ0v) is 10.5. The van der Waals surface area contributed by atoms with Gasteiger partial charge in [-0.3, -0.25) is 4.79 Å². The first-order valence-electron chi connectivity index (χ1n) is 6.17. The molecule has 0 amide bonds. The molecular weight excluding hydrogens is 196 g/mol. The monoisotopic (exact) mass is 216 g/mol. The third-order valence-corrected chi connectivity index (χ3v) is 3.59. The van der Waals surface area contributed by atoms with Gasteiger partial charge in [0, 0.05) is 12.0 Å². The van der Waals surface area contributed by atoms with Gasteiger partial charge < -0.3 is 0 Å². The number of rotatable bonds is 1. The number of fused-ring (bicyclic) bond motifs is 1. The Bertz CT molecular complexity index is 415. The van der Waals surface area contributed by atoms with Crippen LogP contribution in [0.3, 0.4) is 0 Å². The van der Waals surface area contributed by atoms with Crippen molar-refractivity contribution in [2.45, 2.75) is 46.5 Å². The van der Waals surface area contributed by atoms with Crippen molar-refractivity contribution >= 4 is 5.78 Å². The zero-order chi connectivity index (χ0) is 11.8. The van der Waals surface area contributed by atoms with E-state index in [4.69, 9.17) is 0 Å². The van der Waals surface area contributed by atoms with Crippen LogP contribution in [0, 0.1) is 5.41 Å². The molecule has 2 rings (SSSR count). The smallest absolute Gasteiger partial charge is 0.163 e. The van der Waals surface area contributed by atoms with Crippen molar-refractivity contribution < 1.29 is 4.79 Å². The van der Waals surface area contributed by atoms with E-state index in [9.17, 15) is 4.79 Å². The third kappa shape index (κ3) is 2.18. The highest BCUT2D eigenvalue weighted by atomic mass is 16.1. The van der Waals surface area contributed by atoms with E-state index >= 15 is 0 Å². The Balaban J connectivity index is 2.42. The summed E-state index contributed by atoms with van der Waals surface area (Å²) in [5.74, 6) is 0.327. The van der Waals surface area contributed by atoms with Gasteiger partial charge in [-0.1, -0.05) is 32.9 Å². The Kier molecular flexibility index (Phi) is 2.88. The predicted molar refractivity (Wildman–Crippen MR) is 66.9 cm³/mol. The largest absolute Gasteiger partial charge is 0.294 e. The summed E-state index contributed by atoms with van der Waals surface area (Å²) in [4.78, 5) is 12.2. The lowest BCUT2D eigenvalue weighted by atomic mass is 9.84. The van der Waals surface area contributed by atoms with Crippen LogP contribution in [-0.4, -0.2) is 5.78 Å². The molecule has 0 spiro atoms. The first-order chi connectivity index (χ1) is 7.52. The number of ketones is 1. The highest BCUT2D eigenvalue weighted by Gasteiger charge is 2.27. The molecule has 0 unspecified atom stereocenters. The van der Waals surface area contributed by atoms with Crippen LogP contribution in [0.25, 0.3) is 0 Å². The molecule has 0 fully saturated rings. The van der Waals surface area contributed by atoms with E-state index in [2.05, 4.69) is 39.0 Å². The van der Waals surface area contributed by atoms with E-state index in [0.29, 0.717) is 12.2 Å². The van der Waals surface area contributed by atoms with Crippen LogP contribution in [0.1, 0.15) is 55.1 Å². The standard InChI is InChI=1S/C15H20O/c1-4-11-5-6-12-7-8-15(2,3)10-14(16)13(12)9-11/h5-6,9H,4,7-8,10H2,1-3H3. The van der Waals surface area contributed by atoms with Crippen molar-refractivity contribution in [2.24, 2.45) is 5.41 Å². The van der Waals surface area contributed by atoms with Crippen molar-refractivity contribution in [2.75, 3.05) is 0 Å². The molecule has 1 aromatic carbocycles. The van der Waals surface area contributed by atoms with Crippen molar-refractivity contribution in [1.82, 2.24) is 0 Å². The van der Waals surface area contributed by atoms with E-state index in [1.807, 2.05) is 0 Å². The second kappa shape index (κ2) is 4.04. The summed E-state index contributed by atoms with van der Waals surface area (Å²) in [6.07, 6.45) is 3.84. The Morgan fingerprint density at radius 2 is 2.06 bits per heavy atom. The minimum absolute atomic E-state index is 0.155. The molecule has 0 saturated heterocycles. The molecule has 1 aliphatic carbocycles. The molecule has 1 aromatic rings. The van der Waals surface area contributed by atoms with Gasteiger partial charge in [-0.15, -0.1) is 0 Å².